The van der Waals surface area contributed by atoms with Gasteiger partial charge < -0.3 is 10.1 Å². The van der Waals surface area contributed by atoms with E-state index in [0.717, 1.165) is 16.5 Å². The van der Waals surface area contributed by atoms with Crippen molar-refractivity contribution < 1.29 is 14.3 Å². The first-order valence-electron chi connectivity index (χ1n) is 7.71. The van der Waals surface area contributed by atoms with Gasteiger partial charge in [0.25, 0.3) is 0 Å². The van der Waals surface area contributed by atoms with Crippen molar-refractivity contribution in [2.45, 2.75) is 33.2 Å². The molecule has 0 spiro atoms. The molecule has 6 heteroatoms. The molecule has 1 N–H and O–H groups in total. The fourth-order valence-corrected chi connectivity index (χ4v) is 2.87. The Kier molecular flexibility index (Phi) is 5.82. The first kappa shape index (κ1) is 17.5. The van der Waals surface area contributed by atoms with Crippen LogP contribution in [0.3, 0.4) is 0 Å². The van der Waals surface area contributed by atoms with E-state index in [1.807, 2.05) is 38.1 Å². The smallest absolute Gasteiger partial charge is 0.338 e. The minimum atomic E-state index is -0.497. The summed E-state index contributed by atoms with van der Waals surface area (Å²) in [5.74, 6) is -0.379. The van der Waals surface area contributed by atoms with E-state index in [-0.39, 0.29) is 12.0 Å². The third kappa shape index (κ3) is 3.75. The third-order valence-electron chi connectivity index (χ3n) is 3.77. The van der Waals surface area contributed by atoms with E-state index >= 15 is 0 Å². The van der Waals surface area contributed by atoms with Crippen molar-refractivity contribution in [1.82, 2.24) is 10.2 Å². The van der Waals surface area contributed by atoms with E-state index in [9.17, 15) is 9.59 Å². The zero-order valence-electron chi connectivity index (χ0n) is 13.6. The largest absolute Gasteiger partial charge is 0.462 e. The monoisotopic (exact) mass is 380 g/mol. The van der Waals surface area contributed by atoms with Gasteiger partial charge in [0.15, 0.2) is 0 Å². The van der Waals surface area contributed by atoms with Crippen molar-refractivity contribution in [3.8, 4) is 0 Å². The Morgan fingerprint density at radius 1 is 1.30 bits per heavy atom. The molecule has 1 aliphatic rings. The third-order valence-corrected chi connectivity index (χ3v) is 4.30. The Morgan fingerprint density at radius 2 is 1.96 bits per heavy atom. The Labute approximate surface area is 144 Å². The van der Waals surface area contributed by atoms with Gasteiger partial charge in [-0.05, 0) is 38.0 Å². The number of esters is 1. The highest BCUT2D eigenvalue weighted by Gasteiger charge is 2.35. The SMILES string of the molecule is CCCOC(=O)C1=C(C)N(CC)C(=O)N[C@H]1c1ccc(Br)cc1. The van der Waals surface area contributed by atoms with E-state index in [1.54, 1.807) is 11.8 Å². The number of hydrogen-bond acceptors (Lipinski definition) is 3. The van der Waals surface area contributed by atoms with E-state index in [4.69, 9.17) is 4.74 Å². The Hall–Kier alpha value is -1.82. The number of carbonyl (C=O) groups excluding carboxylic acids is 2. The Bertz CT molecular complexity index is 625. The van der Waals surface area contributed by atoms with Crippen molar-refractivity contribution >= 4 is 27.9 Å². The maximum Gasteiger partial charge on any atom is 0.338 e. The summed E-state index contributed by atoms with van der Waals surface area (Å²) < 4.78 is 6.26. The van der Waals surface area contributed by atoms with Gasteiger partial charge >= 0.3 is 12.0 Å². The summed E-state index contributed by atoms with van der Waals surface area (Å²) in [6, 6.07) is 6.84. The second-order valence-corrected chi connectivity index (χ2v) is 6.23. The molecule has 124 valence electrons. The molecular formula is C17H21BrN2O3. The van der Waals surface area contributed by atoms with Crippen molar-refractivity contribution in [3.05, 3.63) is 45.6 Å². The summed E-state index contributed by atoms with van der Waals surface area (Å²) in [7, 11) is 0. The van der Waals surface area contributed by atoms with E-state index in [1.165, 1.54) is 0 Å². The van der Waals surface area contributed by atoms with Crippen molar-refractivity contribution in [2.24, 2.45) is 0 Å². The molecule has 5 nitrogen and oxygen atoms in total. The van der Waals surface area contributed by atoms with Gasteiger partial charge in [-0.2, -0.15) is 0 Å². The Balaban J connectivity index is 2.45. The van der Waals surface area contributed by atoms with Crippen molar-refractivity contribution in [2.75, 3.05) is 13.2 Å². The van der Waals surface area contributed by atoms with Crippen LogP contribution in [0.1, 0.15) is 38.8 Å². The molecule has 0 aliphatic carbocycles. The van der Waals surface area contributed by atoms with Crippen LogP contribution in [0.15, 0.2) is 40.0 Å². The molecule has 1 heterocycles. The number of nitrogens with zero attached hydrogens (tertiary/aromatic N) is 1. The first-order chi connectivity index (χ1) is 11.0. The quantitative estimate of drug-likeness (QED) is 0.791. The lowest BCUT2D eigenvalue weighted by Crippen LogP contribution is -2.47. The zero-order chi connectivity index (χ0) is 17.0. The predicted molar refractivity (Wildman–Crippen MR) is 91.7 cm³/mol. The molecule has 0 bridgehead atoms. The second kappa shape index (κ2) is 7.64. The van der Waals surface area contributed by atoms with Gasteiger partial charge in [0, 0.05) is 16.7 Å². The highest BCUT2D eigenvalue weighted by Crippen LogP contribution is 2.31. The van der Waals surface area contributed by atoms with Crippen LogP contribution in [0, 0.1) is 0 Å². The maximum absolute atomic E-state index is 12.5. The number of ether oxygens (including phenoxy) is 1. The summed E-state index contributed by atoms with van der Waals surface area (Å²) in [5, 5.41) is 2.90. The molecule has 2 amide bonds. The van der Waals surface area contributed by atoms with Gasteiger partial charge in [-0.25, -0.2) is 9.59 Å². The molecular weight excluding hydrogens is 360 g/mol. The van der Waals surface area contributed by atoms with Gasteiger partial charge in [-0.3, -0.25) is 4.90 Å². The lowest BCUT2D eigenvalue weighted by atomic mass is 9.95. The van der Waals surface area contributed by atoms with Crippen LogP contribution in [-0.4, -0.2) is 30.1 Å². The molecule has 1 aliphatic heterocycles. The van der Waals surface area contributed by atoms with Gasteiger partial charge in [0.05, 0.1) is 18.2 Å². The number of rotatable bonds is 5. The molecule has 0 radical (unpaired) electrons. The number of allylic oxidation sites excluding steroid dienone is 1. The molecule has 2 rings (SSSR count). The number of halogens is 1. The van der Waals surface area contributed by atoms with Crippen LogP contribution < -0.4 is 5.32 Å². The van der Waals surface area contributed by atoms with Crippen LogP contribution >= 0.6 is 15.9 Å². The second-order valence-electron chi connectivity index (χ2n) is 5.31. The molecule has 1 aromatic rings. The van der Waals surface area contributed by atoms with Gasteiger partial charge in [-0.15, -0.1) is 0 Å². The molecule has 1 atom stereocenters. The lowest BCUT2D eigenvalue weighted by molar-refractivity contribution is -0.139. The minimum absolute atomic E-state index is 0.204. The molecule has 0 unspecified atom stereocenters. The maximum atomic E-state index is 12.5. The molecule has 0 saturated carbocycles. The normalized spacial score (nSPS) is 18.0. The summed E-state index contributed by atoms with van der Waals surface area (Å²) in [4.78, 5) is 26.4. The molecule has 23 heavy (non-hydrogen) atoms. The van der Waals surface area contributed by atoms with Crippen molar-refractivity contribution in [1.29, 1.82) is 0 Å². The summed E-state index contributed by atoms with van der Waals surface area (Å²) >= 11 is 3.39. The summed E-state index contributed by atoms with van der Waals surface area (Å²) in [5.41, 5.74) is 1.98. The first-order valence-corrected chi connectivity index (χ1v) is 8.50. The standard InChI is InChI=1S/C17H21BrN2O3/c1-4-10-23-16(21)14-11(3)20(5-2)17(22)19-15(14)12-6-8-13(18)9-7-12/h6-9,15H,4-5,10H2,1-3H3,(H,19,22)/t15-/m0/s1. The van der Waals surface area contributed by atoms with Gasteiger partial charge in [0.1, 0.15) is 0 Å². The highest BCUT2D eigenvalue weighted by molar-refractivity contribution is 9.10. The van der Waals surface area contributed by atoms with E-state index in [2.05, 4.69) is 21.2 Å². The number of carbonyl (C=O) groups is 2. The van der Waals surface area contributed by atoms with Crippen LogP contribution in [0.2, 0.25) is 0 Å². The van der Waals surface area contributed by atoms with E-state index < -0.39 is 6.04 Å². The van der Waals surface area contributed by atoms with Gasteiger partial charge in [0.2, 0.25) is 0 Å². The molecule has 0 saturated heterocycles. The topological polar surface area (TPSA) is 58.6 Å². The fourth-order valence-electron chi connectivity index (χ4n) is 2.60. The average Bonchev–Trinajstić information content (AvgIpc) is 2.53. The molecule has 0 aromatic heterocycles. The predicted octanol–water partition coefficient (Wildman–Crippen LogP) is 3.76. The number of benzene rings is 1. The lowest BCUT2D eigenvalue weighted by Gasteiger charge is -2.34. The number of urea groups is 1. The van der Waals surface area contributed by atoms with Crippen LogP contribution in [0.4, 0.5) is 4.79 Å². The minimum Gasteiger partial charge on any atom is -0.462 e. The van der Waals surface area contributed by atoms with Crippen molar-refractivity contribution in [3.63, 3.8) is 0 Å². The summed E-state index contributed by atoms with van der Waals surface area (Å²) in [6.07, 6.45) is 0.755. The Morgan fingerprint density at radius 3 is 2.52 bits per heavy atom. The van der Waals surface area contributed by atoms with Crippen LogP contribution in [0.25, 0.3) is 0 Å². The van der Waals surface area contributed by atoms with Crippen LogP contribution in [-0.2, 0) is 9.53 Å². The van der Waals surface area contributed by atoms with Gasteiger partial charge in [-0.1, -0.05) is 35.0 Å². The highest BCUT2D eigenvalue weighted by atomic mass is 79.9. The number of amides is 2. The molecule has 0 fully saturated rings. The van der Waals surface area contributed by atoms with E-state index in [0.29, 0.717) is 24.4 Å². The fraction of sp³-hybridized carbons (Fsp3) is 0.412. The molecule has 1 aromatic carbocycles. The summed E-state index contributed by atoms with van der Waals surface area (Å²) in [6.45, 7) is 6.47. The van der Waals surface area contributed by atoms with Crippen LogP contribution in [0.5, 0.6) is 0 Å². The number of hydrogen-bond donors (Lipinski definition) is 1. The average molecular weight is 381 g/mol. The number of nitrogens with one attached hydrogen (secondary N) is 1. The zero-order valence-corrected chi connectivity index (χ0v) is 15.1.